The van der Waals surface area contributed by atoms with E-state index in [4.69, 9.17) is 4.74 Å². The summed E-state index contributed by atoms with van der Waals surface area (Å²) in [5, 5.41) is 1.05. The molecule has 0 spiro atoms. The fraction of sp³-hybridized carbons (Fsp3) is 0.857. The lowest BCUT2D eigenvalue weighted by atomic mass is 10.1. The lowest BCUT2D eigenvalue weighted by Gasteiger charge is -2.03. The van der Waals surface area contributed by atoms with E-state index in [-0.39, 0.29) is 0 Å². The molecule has 0 aromatic rings. The molecule has 1 nitrogen and oxygen atoms in total. The van der Waals surface area contributed by atoms with Gasteiger partial charge in [-0.3, -0.25) is 0 Å². The van der Waals surface area contributed by atoms with E-state index in [1.807, 2.05) is 6.08 Å². The SMILES string of the molecule is C=CCCCCCCCCCOCCCBr. The Hall–Kier alpha value is 0.180. The molecule has 0 atom stereocenters. The summed E-state index contributed by atoms with van der Waals surface area (Å²) in [6, 6.07) is 0. The van der Waals surface area contributed by atoms with Crippen LogP contribution in [0.15, 0.2) is 12.7 Å². The molecule has 0 aliphatic heterocycles. The monoisotopic (exact) mass is 290 g/mol. The molecule has 0 rings (SSSR count). The molecule has 0 radical (unpaired) electrons. The fourth-order valence-electron chi connectivity index (χ4n) is 1.64. The van der Waals surface area contributed by atoms with Gasteiger partial charge in [-0.15, -0.1) is 6.58 Å². The maximum atomic E-state index is 5.49. The van der Waals surface area contributed by atoms with Crippen molar-refractivity contribution in [3.05, 3.63) is 12.7 Å². The van der Waals surface area contributed by atoms with Crippen molar-refractivity contribution < 1.29 is 4.74 Å². The predicted octanol–water partition coefficient (Wildman–Crippen LogP) is 5.09. The van der Waals surface area contributed by atoms with Crippen LogP contribution in [-0.2, 0) is 4.74 Å². The Bertz CT molecular complexity index is 137. The quantitative estimate of drug-likeness (QED) is 0.261. The number of unbranched alkanes of at least 4 members (excludes halogenated alkanes) is 7. The van der Waals surface area contributed by atoms with Gasteiger partial charge in [0.15, 0.2) is 0 Å². The highest BCUT2D eigenvalue weighted by Gasteiger charge is 1.92. The first kappa shape index (κ1) is 16.2. The molecule has 2 heteroatoms. The standard InChI is InChI=1S/C14H27BrO/c1-2-3-4-5-6-7-8-9-10-13-16-14-11-12-15/h2H,1,3-14H2. The number of hydrogen-bond donors (Lipinski definition) is 0. The van der Waals surface area contributed by atoms with Crippen molar-refractivity contribution in [2.75, 3.05) is 18.5 Å². The van der Waals surface area contributed by atoms with Crippen molar-refractivity contribution >= 4 is 15.9 Å². The number of ether oxygens (including phenoxy) is 1. The Morgan fingerprint density at radius 2 is 1.38 bits per heavy atom. The summed E-state index contributed by atoms with van der Waals surface area (Å²) < 4.78 is 5.49. The Morgan fingerprint density at radius 1 is 0.812 bits per heavy atom. The number of rotatable bonds is 13. The van der Waals surface area contributed by atoms with E-state index in [1.54, 1.807) is 0 Å². The van der Waals surface area contributed by atoms with Gasteiger partial charge in [0.1, 0.15) is 0 Å². The second-order valence-corrected chi connectivity index (χ2v) is 5.00. The smallest absolute Gasteiger partial charge is 0.0474 e. The summed E-state index contributed by atoms with van der Waals surface area (Å²) in [5.41, 5.74) is 0. The zero-order valence-electron chi connectivity index (χ0n) is 10.6. The van der Waals surface area contributed by atoms with Crippen LogP contribution in [0, 0.1) is 0 Å². The zero-order chi connectivity index (χ0) is 11.9. The van der Waals surface area contributed by atoms with Gasteiger partial charge in [-0.1, -0.05) is 54.1 Å². The lowest BCUT2D eigenvalue weighted by molar-refractivity contribution is 0.131. The molecule has 0 amide bonds. The summed E-state index contributed by atoms with van der Waals surface area (Å²) in [6.07, 6.45) is 13.7. The first-order valence-corrected chi connectivity index (χ1v) is 7.78. The van der Waals surface area contributed by atoms with Crippen molar-refractivity contribution in [2.45, 2.75) is 57.8 Å². The first-order valence-electron chi connectivity index (χ1n) is 6.66. The van der Waals surface area contributed by atoms with E-state index in [9.17, 15) is 0 Å². The lowest BCUT2D eigenvalue weighted by Crippen LogP contribution is -1.97. The summed E-state index contributed by atoms with van der Waals surface area (Å²) in [5.74, 6) is 0. The molecule has 0 aromatic heterocycles. The molecule has 0 bridgehead atoms. The van der Waals surface area contributed by atoms with Crippen LogP contribution in [0.1, 0.15) is 57.8 Å². The van der Waals surface area contributed by atoms with Crippen LogP contribution in [0.3, 0.4) is 0 Å². The van der Waals surface area contributed by atoms with Gasteiger partial charge in [0.25, 0.3) is 0 Å². The predicted molar refractivity (Wildman–Crippen MR) is 76.4 cm³/mol. The number of halogens is 1. The van der Waals surface area contributed by atoms with E-state index in [2.05, 4.69) is 22.5 Å². The van der Waals surface area contributed by atoms with Gasteiger partial charge in [-0.25, -0.2) is 0 Å². The molecule has 0 aromatic carbocycles. The van der Waals surface area contributed by atoms with Crippen LogP contribution in [-0.4, -0.2) is 18.5 Å². The molecule has 0 aliphatic carbocycles. The summed E-state index contributed by atoms with van der Waals surface area (Å²) in [6.45, 7) is 5.59. The van der Waals surface area contributed by atoms with E-state index in [1.165, 1.54) is 51.4 Å². The van der Waals surface area contributed by atoms with E-state index < -0.39 is 0 Å². The van der Waals surface area contributed by atoms with Crippen molar-refractivity contribution in [1.82, 2.24) is 0 Å². The Balaban J connectivity index is 2.85. The van der Waals surface area contributed by atoms with Gasteiger partial charge in [0.2, 0.25) is 0 Å². The van der Waals surface area contributed by atoms with Crippen molar-refractivity contribution in [3.8, 4) is 0 Å². The zero-order valence-corrected chi connectivity index (χ0v) is 12.1. The summed E-state index contributed by atoms with van der Waals surface area (Å²) >= 11 is 3.39. The van der Waals surface area contributed by atoms with Crippen LogP contribution in [0.4, 0.5) is 0 Å². The minimum atomic E-state index is 0.910. The second kappa shape index (κ2) is 15.2. The van der Waals surface area contributed by atoms with Crippen molar-refractivity contribution in [3.63, 3.8) is 0 Å². The van der Waals surface area contributed by atoms with Crippen LogP contribution in [0.5, 0.6) is 0 Å². The van der Waals surface area contributed by atoms with Crippen LogP contribution in [0.2, 0.25) is 0 Å². The first-order chi connectivity index (χ1) is 7.91. The summed E-state index contributed by atoms with van der Waals surface area (Å²) in [4.78, 5) is 0. The maximum absolute atomic E-state index is 5.49. The maximum Gasteiger partial charge on any atom is 0.0474 e. The van der Waals surface area contributed by atoms with Gasteiger partial charge in [-0.2, -0.15) is 0 Å². The minimum Gasteiger partial charge on any atom is -0.381 e. The molecule has 0 fully saturated rings. The normalized spacial score (nSPS) is 10.6. The van der Waals surface area contributed by atoms with Gasteiger partial charge in [-0.05, 0) is 25.7 Å². The van der Waals surface area contributed by atoms with Crippen molar-refractivity contribution in [2.24, 2.45) is 0 Å². The van der Waals surface area contributed by atoms with Gasteiger partial charge >= 0.3 is 0 Å². The van der Waals surface area contributed by atoms with Crippen molar-refractivity contribution in [1.29, 1.82) is 0 Å². The van der Waals surface area contributed by atoms with Crippen LogP contribution in [0.25, 0.3) is 0 Å². The molecule has 0 saturated carbocycles. The van der Waals surface area contributed by atoms with E-state index in [0.29, 0.717) is 0 Å². The van der Waals surface area contributed by atoms with Crippen LogP contribution < -0.4 is 0 Å². The van der Waals surface area contributed by atoms with E-state index in [0.717, 1.165) is 25.0 Å². The molecular formula is C14H27BrO. The number of hydrogen-bond acceptors (Lipinski definition) is 1. The third kappa shape index (κ3) is 14.2. The molecule has 96 valence electrons. The van der Waals surface area contributed by atoms with Crippen LogP contribution >= 0.6 is 15.9 Å². The molecule has 0 saturated heterocycles. The third-order valence-corrected chi connectivity index (χ3v) is 3.18. The number of alkyl halides is 1. The molecule has 0 unspecified atom stereocenters. The van der Waals surface area contributed by atoms with Gasteiger partial charge in [0, 0.05) is 18.5 Å². The Morgan fingerprint density at radius 3 is 2.00 bits per heavy atom. The highest BCUT2D eigenvalue weighted by molar-refractivity contribution is 9.09. The number of allylic oxidation sites excluding steroid dienone is 1. The highest BCUT2D eigenvalue weighted by atomic mass is 79.9. The largest absolute Gasteiger partial charge is 0.381 e. The van der Waals surface area contributed by atoms with Gasteiger partial charge in [0.05, 0.1) is 0 Å². The molecule has 0 N–H and O–H groups in total. The topological polar surface area (TPSA) is 9.23 Å². The molecular weight excluding hydrogens is 264 g/mol. The second-order valence-electron chi connectivity index (χ2n) is 4.21. The minimum absolute atomic E-state index is 0.910. The molecule has 16 heavy (non-hydrogen) atoms. The average molecular weight is 291 g/mol. The van der Waals surface area contributed by atoms with Gasteiger partial charge < -0.3 is 4.74 Å². The Labute approximate surface area is 110 Å². The molecule has 0 heterocycles. The average Bonchev–Trinajstić information content (AvgIpc) is 2.31. The molecule has 0 aliphatic rings. The fourth-order valence-corrected chi connectivity index (χ4v) is 1.86. The highest BCUT2D eigenvalue weighted by Crippen LogP contribution is 2.08. The Kier molecular flexibility index (Phi) is 15.4. The third-order valence-electron chi connectivity index (χ3n) is 2.62. The van der Waals surface area contributed by atoms with E-state index >= 15 is 0 Å². The summed E-state index contributed by atoms with van der Waals surface area (Å²) in [7, 11) is 0.